The Morgan fingerprint density at radius 3 is 2.40 bits per heavy atom. The van der Waals surface area contributed by atoms with Gasteiger partial charge >= 0.3 is 0 Å². The zero-order chi connectivity index (χ0) is 17.5. The van der Waals surface area contributed by atoms with Gasteiger partial charge in [-0.15, -0.1) is 24.0 Å². The molecule has 0 amide bonds. The molecule has 7 heteroatoms. The Morgan fingerprint density at radius 2 is 1.88 bits per heavy atom. The van der Waals surface area contributed by atoms with Crippen LogP contribution in [0.4, 0.5) is 0 Å². The number of hydrogen-bond acceptors (Lipinski definition) is 3. The highest BCUT2D eigenvalue weighted by molar-refractivity contribution is 14.0. The fraction of sp³-hybridized carbons (Fsp3) is 0.611. The predicted octanol–water partition coefficient (Wildman–Crippen LogP) is 3.21. The number of guanidine groups is 1. The molecule has 5 nitrogen and oxygen atoms in total. The van der Waals surface area contributed by atoms with Gasteiger partial charge in [0.05, 0.1) is 10.6 Å². The van der Waals surface area contributed by atoms with Crippen molar-refractivity contribution in [2.75, 3.05) is 25.9 Å². The van der Waals surface area contributed by atoms with Gasteiger partial charge in [-0.2, -0.15) is 0 Å². The monoisotopic (exact) mass is 479 g/mol. The molecule has 2 rings (SSSR count). The Hall–Kier alpha value is -0.830. The van der Waals surface area contributed by atoms with E-state index in [1.165, 1.54) is 25.7 Å². The lowest BCUT2D eigenvalue weighted by Crippen LogP contribution is -2.46. The van der Waals surface area contributed by atoms with E-state index in [1.807, 2.05) is 6.07 Å². The molecule has 25 heavy (non-hydrogen) atoms. The summed E-state index contributed by atoms with van der Waals surface area (Å²) < 4.78 is 24.4. The van der Waals surface area contributed by atoms with Crippen LogP contribution in [0, 0.1) is 5.41 Å². The van der Waals surface area contributed by atoms with E-state index in [-0.39, 0.29) is 29.7 Å². The molecular weight excluding hydrogens is 449 g/mol. The average molecular weight is 479 g/mol. The van der Waals surface area contributed by atoms with E-state index in [1.54, 1.807) is 31.3 Å². The minimum absolute atomic E-state index is 0. The quantitative estimate of drug-likeness (QED) is 0.260. The van der Waals surface area contributed by atoms with Gasteiger partial charge in [0, 0.05) is 20.1 Å². The van der Waals surface area contributed by atoms with Crippen LogP contribution in [0.15, 0.2) is 40.2 Å². The van der Waals surface area contributed by atoms with E-state index in [0.29, 0.717) is 23.3 Å². The summed E-state index contributed by atoms with van der Waals surface area (Å²) in [6, 6.07) is 8.61. The van der Waals surface area contributed by atoms with Gasteiger partial charge in [0.2, 0.25) is 0 Å². The molecule has 0 aromatic heterocycles. The van der Waals surface area contributed by atoms with Crippen molar-refractivity contribution in [2.24, 2.45) is 10.4 Å². The summed E-state index contributed by atoms with van der Waals surface area (Å²) in [6.07, 6.45) is 5.62. The zero-order valence-electron chi connectivity index (χ0n) is 15.1. The van der Waals surface area contributed by atoms with Gasteiger partial charge in [0.25, 0.3) is 0 Å². The summed E-state index contributed by atoms with van der Waals surface area (Å²) >= 11 is 0. The molecule has 1 fully saturated rings. The number of nitrogens with one attached hydrogen (secondary N) is 2. The Kier molecular flexibility index (Phi) is 9.20. The summed E-state index contributed by atoms with van der Waals surface area (Å²) in [5.41, 5.74) is 0.425. The van der Waals surface area contributed by atoms with Gasteiger partial charge in [0.15, 0.2) is 15.8 Å². The van der Waals surface area contributed by atoms with Crippen molar-refractivity contribution in [1.29, 1.82) is 0 Å². The van der Waals surface area contributed by atoms with Crippen molar-refractivity contribution in [1.82, 2.24) is 10.6 Å². The summed E-state index contributed by atoms with van der Waals surface area (Å²) in [4.78, 5) is 4.61. The molecule has 0 atom stereocenters. The molecular formula is C18H30IN3O2S. The first-order valence-electron chi connectivity index (χ1n) is 8.74. The topological polar surface area (TPSA) is 70.6 Å². The van der Waals surface area contributed by atoms with Crippen molar-refractivity contribution in [3.05, 3.63) is 30.3 Å². The van der Waals surface area contributed by atoms with Crippen LogP contribution >= 0.6 is 24.0 Å². The number of benzene rings is 1. The minimum atomic E-state index is -3.20. The van der Waals surface area contributed by atoms with Crippen LogP contribution in [0.5, 0.6) is 0 Å². The smallest absolute Gasteiger partial charge is 0.190 e. The van der Waals surface area contributed by atoms with E-state index in [9.17, 15) is 8.42 Å². The van der Waals surface area contributed by atoms with Crippen molar-refractivity contribution in [2.45, 2.75) is 43.9 Å². The summed E-state index contributed by atoms with van der Waals surface area (Å²) in [5, 5.41) is 6.59. The first-order valence-corrected chi connectivity index (χ1v) is 10.4. The molecule has 1 aliphatic carbocycles. The third-order valence-electron chi connectivity index (χ3n) is 5.00. The van der Waals surface area contributed by atoms with Gasteiger partial charge in [-0.1, -0.05) is 31.5 Å². The van der Waals surface area contributed by atoms with Crippen LogP contribution in [0.2, 0.25) is 0 Å². The van der Waals surface area contributed by atoms with Crippen molar-refractivity contribution >= 4 is 39.8 Å². The van der Waals surface area contributed by atoms with Crippen LogP contribution in [0.25, 0.3) is 0 Å². The SMILES string of the molecule is CCC1(CNC(=NC)NCCCS(=O)(=O)c2ccccc2)CCC1.I. The second-order valence-corrected chi connectivity index (χ2v) is 8.65. The first-order chi connectivity index (χ1) is 11.5. The molecule has 0 spiro atoms. The van der Waals surface area contributed by atoms with Crippen LogP contribution in [-0.2, 0) is 9.84 Å². The zero-order valence-corrected chi connectivity index (χ0v) is 18.3. The number of hydrogen-bond donors (Lipinski definition) is 2. The second kappa shape index (κ2) is 10.4. The fourth-order valence-corrected chi connectivity index (χ4v) is 4.37. The van der Waals surface area contributed by atoms with Crippen molar-refractivity contribution in [3.63, 3.8) is 0 Å². The second-order valence-electron chi connectivity index (χ2n) is 6.55. The van der Waals surface area contributed by atoms with Gasteiger partial charge < -0.3 is 10.6 Å². The minimum Gasteiger partial charge on any atom is -0.356 e. The Morgan fingerprint density at radius 1 is 1.20 bits per heavy atom. The molecule has 1 saturated carbocycles. The van der Waals surface area contributed by atoms with E-state index in [0.717, 1.165) is 12.5 Å². The number of nitrogens with zero attached hydrogens (tertiary/aromatic N) is 1. The maximum atomic E-state index is 12.2. The number of rotatable bonds is 8. The maximum Gasteiger partial charge on any atom is 0.190 e. The van der Waals surface area contributed by atoms with Crippen LogP contribution in [0.1, 0.15) is 39.0 Å². The van der Waals surface area contributed by atoms with E-state index in [2.05, 4.69) is 22.5 Å². The highest BCUT2D eigenvalue weighted by Crippen LogP contribution is 2.42. The number of aliphatic imine (C=N–C) groups is 1. The van der Waals surface area contributed by atoms with Crippen LogP contribution in [-0.4, -0.2) is 40.3 Å². The highest BCUT2D eigenvalue weighted by Gasteiger charge is 2.34. The lowest BCUT2D eigenvalue weighted by atomic mass is 9.67. The summed E-state index contributed by atoms with van der Waals surface area (Å²) in [6.45, 7) is 3.77. The molecule has 0 saturated heterocycles. The van der Waals surface area contributed by atoms with E-state index < -0.39 is 9.84 Å². The van der Waals surface area contributed by atoms with Gasteiger partial charge in [0.1, 0.15) is 0 Å². The van der Waals surface area contributed by atoms with Gasteiger partial charge in [-0.3, -0.25) is 4.99 Å². The fourth-order valence-electron chi connectivity index (χ4n) is 3.04. The molecule has 1 aliphatic rings. The van der Waals surface area contributed by atoms with Crippen LogP contribution < -0.4 is 10.6 Å². The molecule has 142 valence electrons. The maximum absolute atomic E-state index is 12.2. The normalized spacial score (nSPS) is 16.5. The van der Waals surface area contributed by atoms with Crippen LogP contribution in [0.3, 0.4) is 0 Å². The molecule has 0 radical (unpaired) electrons. The molecule has 0 heterocycles. The Balaban J connectivity index is 0.00000312. The highest BCUT2D eigenvalue weighted by atomic mass is 127. The van der Waals surface area contributed by atoms with Crippen molar-refractivity contribution in [3.8, 4) is 0 Å². The average Bonchev–Trinajstić information content (AvgIpc) is 2.57. The van der Waals surface area contributed by atoms with E-state index >= 15 is 0 Å². The molecule has 1 aromatic rings. The van der Waals surface area contributed by atoms with Crippen molar-refractivity contribution < 1.29 is 8.42 Å². The number of sulfone groups is 1. The third kappa shape index (κ3) is 6.44. The molecule has 0 unspecified atom stereocenters. The molecule has 1 aromatic carbocycles. The summed E-state index contributed by atoms with van der Waals surface area (Å²) in [5.74, 6) is 0.895. The third-order valence-corrected chi connectivity index (χ3v) is 6.82. The standard InChI is InChI=1S/C18H29N3O2S.HI/c1-3-18(11-7-12-18)15-21-17(19-2)20-13-8-14-24(22,23)16-9-5-4-6-10-16;/h4-6,9-10H,3,7-8,11-15H2,1-2H3,(H2,19,20,21);1H. The Bertz CT molecular complexity index is 638. The molecule has 0 bridgehead atoms. The van der Waals surface area contributed by atoms with E-state index in [4.69, 9.17) is 0 Å². The van der Waals surface area contributed by atoms with Gasteiger partial charge in [-0.05, 0) is 43.2 Å². The lowest BCUT2D eigenvalue weighted by molar-refractivity contribution is 0.131. The molecule has 0 aliphatic heterocycles. The number of halogens is 1. The van der Waals surface area contributed by atoms with Gasteiger partial charge in [-0.25, -0.2) is 8.42 Å². The lowest BCUT2D eigenvalue weighted by Gasteiger charge is -2.41. The first kappa shape index (κ1) is 22.2. The largest absolute Gasteiger partial charge is 0.356 e. The predicted molar refractivity (Wildman–Crippen MR) is 114 cm³/mol. The summed E-state index contributed by atoms with van der Waals surface area (Å²) in [7, 11) is -1.45. The Labute approximate surface area is 169 Å². The molecule has 2 N–H and O–H groups in total.